The van der Waals surface area contributed by atoms with Crippen molar-refractivity contribution in [3.8, 4) is 0 Å². The number of carbonyl (C=O) groups is 1. The average molecular weight is 335 g/mol. The molecule has 0 spiro atoms. The van der Waals surface area contributed by atoms with E-state index in [2.05, 4.69) is 25.6 Å². The molecule has 0 aliphatic heterocycles. The molecule has 1 aromatic rings. The Morgan fingerprint density at radius 3 is 2.57 bits per heavy atom. The number of nitrogens with zero attached hydrogens (tertiary/aromatic N) is 2. The first-order valence-electron chi connectivity index (χ1n) is 6.47. The maximum Gasteiger partial charge on any atom is 0.282 e. The van der Waals surface area contributed by atoms with Crippen molar-refractivity contribution in [3.05, 3.63) is 5.01 Å². The van der Waals surface area contributed by atoms with Crippen LogP contribution in [0.1, 0.15) is 37.0 Å². The SMILES string of the molecule is CCCNc1nnc(C(=O)NCC(C)(C)NS(C)(=O)=O)s1. The molecule has 0 aliphatic carbocycles. The van der Waals surface area contributed by atoms with Gasteiger partial charge in [-0.3, -0.25) is 4.79 Å². The van der Waals surface area contributed by atoms with E-state index < -0.39 is 15.6 Å². The van der Waals surface area contributed by atoms with Crippen LogP contribution in [-0.2, 0) is 10.0 Å². The predicted molar refractivity (Wildman–Crippen MR) is 83.1 cm³/mol. The van der Waals surface area contributed by atoms with E-state index in [1.165, 1.54) is 0 Å². The Labute approximate surface area is 128 Å². The van der Waals surface area contributed by atoms with E-state index in [4.69, 9.17) is 0 Å². The summed E-state index contributed by atoms with van der Waals surface area (Å²) in [7, 11) is -3.34. The van der Waals surface area contributed by atoms with Crippen LogP contribution < -0.4 is 15.4 Å². The van der Waals surface area contributed by atoms with E-state index in [1.54, 1.807) is 13.8 Å². The smallest absolute Gasteiger partial charge is 0.282 e. The summed E-state index contributed by atoms with van der Waals surface area (Å²) in [4.78, 5) is 11.9. The Morgan fingerprint density at radius 2 is 2.00 bits per heavy atom. The molecule has 0 saturated heterocycles. The predicted octanol–water partition coefficient (Wildman–Crippen LogP) is 0.418. The van der Waals surface area contributed by atoms with Crippen molar-refractivity contribution in [2.75, 3.05) is 24.7 Å². The third-order valence-corrected chi connectivity index (χ3v) is 4.10. The lowest BCUT2D eigenvalue weighted by Crippen LogP contribution is -2.51. The topological polar surface area (TPSA) is 113 Å². The zero-order valence-electron chi connectivity index (χ0n) is 12.6. The fourth-order valence-electron chi connectivity index (χ4n) is 1.53. The normalized spacial score (nSPS) is 12.2. The molecule has 0 aromatic carbocycles. The molecule has 0 bridgehead atoms. The number of rotatable bonds is 8. The standard InChI is InChI=1S/C11H21N5O3S2/c1-5-6-12-10-15-14-9(20-10)8(17)13-7-11(2,3)16-21(4,18)19/h16H,5-7H2,1-4H3,(H,12,15)(H,13,17). The molecule has 0 saturated carbocycles. The number of hydrogen-bond acceptors (Lipinski definition) is 7. The van der Waals surface area contributed by atoms with E-state index in [0.29, 0.717) is 5.13 Å². The summed E-state index contributed by atoms with van der Waals surface area (Å²) in [5.74, 6) is -0.375. The molecule has 120 valence electrons. The van der Waals surface area contributed by atoms with E-state index in [-0.39, 0.29) is 17.5 Å². The molecule has 0 fully saturated rings. The van der Waals surface area contributed by atoms with Crippen LogP contribution in [0, 0.1) is 0 Å². The van der Waals surface area contributed by atoms with Gasteiger partial charge in [-0.25, -0.2) is 13.1 Å². The van der Waals surface area contributed by atoms with Crippen molar-refractivity contribution in [2.24, 2.45) is 0 Å². The molecule has 21 heavy (non-hydrogen) atoms. The third kappa shape index (κ3) is 6.82. The minimum atomic E-state index is -3.34. The highest BCUT2D eigenvalue weighted by atomic mass is 32.2. The second kappa shape index (κ2) is 7.14. The van der Waals surface area contributed by atoms with Gasteiger partial charge < -0.3 is 10.6 Å². The van der Waals surface area contributed by atoms with Gasteiger partial charge in [0.25, 0.3) is 5.91 Å². The highest BCUT2D eigenvalue weighted by Gasteiger charge is 2.23. The lowest BCUT2D eigenvalue weighted by Gasteiger charge is -2.24. The Bertz CT molecular complexity index is 582. The van der Waals surface area contributed by atoms with E-state index in [1.807, 2.05) is 6.92 Å². The molecule has 0 unspecified atom stereocenters. The van der Waals surface area contributed by atoms with Crippen LogP contribution in [0.2, 0.25) is 0 Å². The molecular weight excluding hydrogens is 314 g/mol. The van der Waals surface area contributed by atoms with Gasteiger partial charge in [0.15, 0.2) is 0 Å². The van der Waals surface area contributed by atoms with Crippen LogP contribution >= 0.6 is 11.3 Å². The molecule has 0 atom stereocenters. The lowest BCUT2D eigenvalue weighted by molar-refractivity contribution is 0.0943. The second-order valence-electron chi connectivity index (χ2n) is 5.28. The fraction of sp³-hybridized carbons (Fsp3) is 0.727. The van der Waals surface area contributed by atoms with Gasteiger partial charge in [0.2, 0.25) is 20.2 Å². The van der Waals surface area contributed by atoms with Crippen LogP contribution in [0.4, 0.5) is 5.13 Å². The first-order valence-corrected chi connectivity index (χ1v) is 9.18. The number of nitrogens with one attached hydrogen (secondary N) is 3. The van der Waals surface area contributed by atoms with Gasteiger partial charge in [-0.15, -0.1) is 10.2 Å². The van der Waals surface area contributed by atoms with E-state index in [9.17, 15) is 13.2 Å². The fourth-order valence-corrected chi connectivity index (χ4v) is 3.29. The summed E-state index contributed by atoms with van der Waals surface area (Å²) in [6.45, 7) is 6.31. The molecular formula is C11H21N5O3S2. The van der Waals surface area contributed by atoms with E-state index >= 15 is 0 Å². The van der Waals surface area contributed by atoms with E-state index in [0.717, 1.165) is 30.6 Å². The first kappa shape index (κ1) is 17.8. The van der Waals surface area contributed by atoms with Crippen LogP contribution in [0.5, 0.6) is 0 Å². The number of hydrogen-bond donors (Lipinski definition) is 3. The Morgan fingerprint density at radius 1 is 1.33 bits per heavy atom. The summed E-state index contributed by atoms with van der Waals surface area (Å²) < 4.78 is 24.9. The molecule has 0 radical (unpaired) electrons. The van der Waals surface area contributed by atoms with Crippen LogP contribution in [0.25, 0.3) is 0 Å². The van der Waals surface area contributed by atoms with Gasteiger partial charge in [0.1, 0.15) is 0 Å². The number of aromatic nitrogens is 2. The largest absolute Gasteiger partial charge is 0.360 e. The zero-order chi connectivity index (χ0) is 16.1. The van der Waals surface area contributed by atoms with Gasteiger partial charge in [-0.2, -0.15) is 0 Å². The summed E-state index contributed by atoms with van der Waals surface area (Å²) in [5.41, 5.74) is -0.781. The number of sulfonamides is 1. The van der Waals surface area contributed by atoms with Crippen molar-refractivity contribution in [1.82, 2.24) is 20.2 Å². The molecule has 0 aliphatic rings. The summed E-state index contributed by atoms with van der Waals surface area (Å²) in [5, 5.41) is 14.2. The van der Waals surface area contributed by atoms with Crippen LogP contribution in [0.3, 0.4) is 0 Å². The van der Waals surface area contributed by atoms with Gasteiger partial charge in [-0.05, 0) is 20.3 Å². The van der Waals surface area contributed by atoms with Gasteiger partial charge in [0, 0.05) is 18.6 Å². The maximum absolute atomic E-state index is 11.9. The molecule has 1 amide bonds. The quantitative estimate of drug-likeness (QED) is 0.634. The van der Waals surface area contributed by atoms with Crippen molar-refractivity contribution in [2.45, 2.75) is 32.7 Å². The van der Waals surface area contributed by atoms with Crippen molar-refractivity contribution >= 4 is 32.4 Å². The third-order valence-electron chi connectivity index (χ3n) is 2.30. The molecule has 3 N–H and O–H groups in total. The second-order valence-corrected chi connectivity index (χ2v) is 8.01. The van der Waals surface area contributed by atoms with Gasteiger partial charge in [-0.1, -0.05) is 18.3 Å². The summed E-state index contributed by atoms with van der Waals surface area (Å²) >= 11 is 1.16. The number of anilines is 1. The van der Waals surface area contributed by atoms with Crippen LogP contribution in [-0.4, -0.2) is 49.4 Å². The number of amides is 1. The zero-order valence-corrected chi connectivity index (χ0v) is 14.2. The molecule has 8 nitrogen and oxygen atoms in total. The minimum Gasteiger partial charge on any atom is -0.360 e. The molecule has 1 heterocycles. The average Bonchev–Trinajstić information content (AvgIpc) is 2.79. The molecule has 1 aromatic heterocycles. The molecule has 10 heteroatoms. The highest BCUT2D eigenvalue weighted by Crippen LogP contribution is 2.15. The summed E-state index contributed by atoms with van der Waals surface area (Å²) in [6, 6.07) is 0. The maximum atomic E-state index is 11.9. The Kier molecular flexibility index (Phi) is 6.05. The van der Waals surface area contributed by atoms with Crippen molar-refractivity contribution < 1.29 is 13.2 Å². The Balaban J connectivity index is 2.55. The van der Waals surface area contributed by atoms with Gasteiger partial charge in [0.05, 0.1) is 6.26 Å². The van der Waals surface area contributed by atoms with Gasteiger partial charge >= 0.3 is 0 Å². The summed E-state index contributed by atoms with van der Waals surface area (Å²) in [6.07, 6.45) is 2.03. The highest BCUT2D eigenvalue weighted by molar-refractivity contribution is 7.88. The monoisotopic (exact) mass is 335 g/mol. The minimum absolute atomic E-state index is 0.149. The lowest BCUT2D eigenvalue weighted by atomic mass is 10.1. The molecule has 1 rings (SSSR count). The number of carbonyl (C=O) groups excluding carboxylic acids is 1. The van der Waals surface area contributed by atoms with Crippen molar-refractivity contribution in [1.29, 1.82) is 0 Å². The first-order chi connectivity index (χ1) is 9.63. The van der Waals surface area contributed by atoms with Crippen LogP contribution in [0.15, 0.2) is 0 Å². The Hall–Kier alpha value is -1.26. The van der Waals surface area contributed by atoms with Crippen molar-refractivity contribution in [3.63, 3.8) is 0 Å².